The summed E-state index contributed by atoms with van der Waals surface area (Å²) in [6.45, 7) is 8.36. The minimum atomic E-state index is -3.22. The summed E-state index contributed by atoms with van der Waals surface area (Å²) < 4.78 is 22.2. The first kappa shape index (κ1) is 14.4. The van der Waals surface area contributed by atoms with Gasteiger partial charge in [0.05, 0.1) is 21.6 Å². The molecule has 0 aliphatic carbocycles. The molecular formula is C11H22N2O3S. The molecule has 3 N–H and O–H groups in total. The molecule has 6 heteroatoms. The highest BCUT2D eigenvalue weighted by Gasteiger charge is 2.67. The number of carbonyl (C=O) groups excluding carboxylic acids is 1. The molecule has 1 unspecified atom stereocenters. The SMILES string of the molecule is CCC(N)C(=O)NC1C(C)(C)S(=O)(=O)C1(C)C. The van der Waals surface area contributed by atoms with Gasteiger partial charge in [0.25, 0.3) is 0 Å². The fourth-order valence-electron chi connectivity index (χ4n) is 2.55. The molecule has 5 nitrogen and oxygen atoms in total. The molecule has 0 radical (unpaired) electrons. The van der Waals surface area contributed by atoms with Crippen molar-refractivity contribution in [1.82, 2.24) is 5.32 Å². The lowest BCUT2D eigenvalue weighted by atomic mass is 9.89. The third kappa shape index (κ3) is 1.78. The number of hydrogen-bond acceptors (Lipinski definition) is 4. The van der Waals surface area contributed by atoms with Gasteiger partial charge in [-0.2, -0.15) is 0 Å². The van der Waals surface area contributed by atoms with Gasteiger partial charge < -0.3 is 11.1 Å². The quantitative estimate of drug-likeness (QED) is 0.760. The molecule has 1 atom stereocenters. The lowest BCUT2D eigenvalue weighted by Crippen LogP contribution is -2.78. The van der Waals surface area contributed by atoms with Gasteiger partial charge in [-0.25, -0.2) is 8.42 Å². The third-order valence-corrected chi connectivity index (χ3v) is 7.08. The van der Waals surface area contributed by atoms with Crippen molar-refractivity contribution in [3.63, 3.8) is 0 Å². The Balaban J connectivity index is 2.91. The van der Waals surface area contributed by atoms with E-state index in [9.17, 15) is 13.2 Å². The van der Waals surface area contributed by atoms with Crippen molar-refractivity contribution in [2.24, 2.45) is 5.73 Å². The summed E-state index contributed by atoms with van der Waals surface area (Å²) in [6.07, 6.45) is 0.534. The van der Waals surface area contributed by atoms with E-state index in [0.717, 1.165) is 0 Å². The topological polar surface area (TPSA) is 89.3 Å². The van der Waals surface area contributed by atoms with Gasteiger partial charge in [-0.1, -0.05) is 6.92 Å². The van der Waals surface area contributed by atoms with Crippen LogP contribution in [0.5, 0.6) is 0 Å². The fourth-order valence-corrected chi connectivity index (χ4v) is 5.05. The second kappa shape index (κ2) is 3.95. The van der Waals surface area contributed by atoms with Crippen LogP contribution in [0.15, 0.2) is 0 Å². The van der Waals surface area contributed by atoms with Crippen molar-refractivity contribution in [3.8, 4) is 0 Å². The number of nitrogens with one attached hydrogen (secondary N) is 1. The maximum Gasteiger partial charge on any atom is 0.237 e. The molecule has 17 heavy (non-hydrogen) atoms. The van der Waals surface area contributed by atoms with E-state index in [1.54, 1.807) is 27.7 Å². The van der Waals surface area contributed by atoms with Gasteiger partial charge in [-0.05, 0) is 34.1 Å². The van der Waals surface area contributed by atoms with Crippen LogP contribution < -0.4 is 11.1 Å². The summed E-state index contributed by atoms with van der Waals surface area (Å²) in [5.74, 6) is -0.284. The number of nitrogens with two attached hydrogens (primary N) is 1. The predicted octanol–water partition coefficient (Wildman–Crippen LogP) is 0.194. The first-order chi connectivity index (χ1) is 7.50. The Morgan fingerprint density at radius 1 is 1.29 bits per heavy atom. The van der Waals surface area contributed by atoms with E-state index >= 15 is 0 Å². The molecular weight excluding hydrogens is 240 g/mol. The van der Waals surface area contributed by atoms with Gasteiger partial charge in [-0.3, -0.25) is 4.79 Å². The van der Waals surface area contributed by atoms with Gasteiger partial charge in [-0.15, -0.1) is 0 Å². The first-order valence-corrected chi connectivity index (χ1v) is 7.28. The zero-order valence-corrected chi connectivity index (χ0v) is 11.9. The van der Waals surface area contributed by atoms with Crippen molar-refractivity contribution in [2.75, 3.05) is 0 Å². The zero-order chi connectivity index (χ0) is 13.6. The zero-order valence-electron chi connectivity index (χ0n) is 11.1. The van der Waals surface area contributed by atoms with Gasteiger partial charge in [0.2, 0.25) is 5.91 Å². The van der Waals surface area contributed by atoms with E-state index in [1.807, 2.05) is 6.92 Å². The molecule has 1 aliphatic rings. The van der Waals surface area contributed by atoms with Crippen molar-refractivity contribution >= 4 is 15.7 Å². The predicted molar refractivity (Wildman–Crippen MR) is 67.3 cm³/mol. The second-order valence-corrected chi connectivity index (χ2v) is 8.78. The summed E-state index contributed by atoms with van der Waals surface area (Å²) >= 11 is 0. The van der Waals surface area contributed by atoms with E-state index in [0.29, 0.717) is 6.42 Å². The van der Waals surface area contributed by atoms with Crippen LogP contribution in [0, 0.1) is 0 Å². The van der Waals surface area contributed by atoms with Gasteiger partial charge in [0, 0.05) is 0 Å². The highest BCUT2D eigenvalue weighted by atomic mass is 32.2. The fraction of sp³-hybridized carbons (Fsp3) is 0.909. The van der Waals surface area contributed by atoms with Crippen LogP contribution in [-0.2, 0) is 14.6 Å². The molecule has 1 amide bonds. The Morgan fingerprint density at radius 2 is 1.71 bits per heavy atom. The van der Waals surface area contributed by atoms with E-state index in [-0.39, 0.29) is 5.91 Å². The van der Waals surface area contributed by atoms with Crippen molar-refractivity contribution < 1.29 is 13.2 Å². The molecule has 0 bridgehead atoms. The lowest BCUT2D eigenvalue weighted by Gasteiger charge is -2.56. The van der Waals surface area contributed by atoms with Crippen molar-refractivity contribution in [2.45, 2.75) is 62.6 Å². The first-order valence-electron chi connectivity index (χ1n) is 5.80. The van der Waals surface area contributed by atoms with Crippen LogP contribution in [0.4, 0.5) is 0 Å². The summed E-state index contributed by atoms with van der Waals surface area (Å²) in [6, 6.07) is -0.977. The molecule has 1 saturated heterocycles. The highest BCUT2D eigenvalue weighted by molar-refractivity contribution is 7.95. The average molecular weight is 262 g/mol. The van der Waals surface area contributed by atoms with Crippen molar-refractivity contribution in [3.05, 3.63) is 0 Å². The number of sulfone groups is 1. The van der Waals surface area contributed by atoms with Crippen LogP contribution in [-0.4, -0.2) is 35.9 Å². The monoisotopic (exact) mass is 262 g/mol. The summed E-state index contributed by atoms with van der Waals surface area (Å²) in [4.78, 5) is 11.7. The van der Waals surface area contributed by atoms with Crippen LogP contribution in [0.25, 0.3) is 0 Å². The number of hydrogen-bond donors (Lipinski definition) is 2. The van der Waals surface area contributed by atoms with Crippen LogP contribution in [0.2, 0.25) is 0 Å². The smallest absolute Gasteiger partial charge is 0.237 e. The molecule has 1 rings (SSSR count). The Bertz CT molecular complexity index is 404. The Hall–Kier alpha value is -0.620. The lowest BCUT2D eigenvalue weighted by molar-refractivity contribution is -0.123. The maximum absolute atomic E-state index is 12.0. The summed E-state index contributed by atoms with van der Waals surface area (Å²) in [5, 5.41) is 2.76. The molecule has 0 spiro atoms. The largest absolute Gasteiger partial charge is 0.349 e. The van der Waals surface area contributed by atoms with E-state index in [4.69, 9.17) is 5.73 Å². The minimum Gasteiger partial charge on any atom is -0.349 e. The van der Waals surface area contributed by atoms with Crippen molar-refractivity contribution in [1.29, 1.82) is 0 Å². The van der Waals surface area contributed by atoms with Crippen LogP contribution in [0.3, 0.4) is 0 Å². The Kier molecular flexibility index (Phi) is 3.35. The second-order valence-electron chi connectivity index (χ2n) is 5.67. The molecule has 0 saturated carbocycles. The van der Waals surface area contributed by atoms with E-state index < -0.39 is 31.4 Å². The van der Waals surface area contributed by atoms with Gasteiger partial charge in [0.15, 0.2) is 9.84 Å². The normalized spacial score (nSPS) is 26.9. The third-order valence-electron chi connectivity index (χ3n) is 3.84. The number of amides is 1. The summed E-state index contributed by atoms with van der Waals surface area (Å²) in [5.41, 5.74) is 5.63. The molecule has 100 valence electrons. The average Bonchev–Trinajstić information content (AvgIpc) is 2.22. The minimum absolute atomic E-state index is 0.284. The molecule has 0 aromatic heterocycles. The molecule has 0 aromatic rings. The maximum atomic E-state index is 12.0. The van der Waals surface area contributed by atoms with Gasteiger partial charge in [0.1, 0.15) is 0 Å². The molecule has 1 fully saturated rings. The molecule has 1 aliphatic heterocycles. The van der Waals surface area contributed by atoms with Crippen LogP contribution in [0.1, 0.15) is 41.0 Å². The Labute approximate surface area is 103 Å². The standard InChI is InChI=1S/C11H22N2O3S/c1-6-7(12)8(14)13-9-10(2,3)17(15,16)11(9,4)5/h7,9H,6,12H2,1-5H3,(H,13,14). The van der Waals surface area contributed by atoms with E-state index in [2.05, 4.69) is 5.32 Å². The summed E-state index contributed by atoms with van der Waals surface area (Å²) in [7, 11) is -3.22. The van der Waals surface area contributed by atoms with E-state index in [1.165, 1.54) is 0 Å². The number of carbonyl (C=O) groups is 1. The van der Waals surface area contributed by atoms with Gasteiger partial charge >= 0.3 is 0 Å². The molecule has 1 heterocycles. The van der Waals surface area contributed by atoms with Crippen LogP contribution >= 0.6 is 0 Å². The number of rotatable bonds is 3. The Morgan fingerprint density at radius 3 is 2.06 bits per heavy atom. The molecule has 0 aromatic carbocycles. The highest BCUT2D eigenvalue weighted by Crippen LogP contribution is 2.48.